The van der Waals surface area contributed by atoms with Crippen LogP contribution in [0.2, 0.25) is 0 Å². The lowest BCUT2D eigenvalue weighted by Gasteiger charge is -2.24. The molecule has 3 heterocycles. The van der Waals surface area contributed by atoms with Crippen LogP contribution < -0.4 is 33.4 Å². The van der Waals surface area contributed by atoms with E-state index in [1.807, 2.05) is 38.1 Å². The van der Waals surface area contributed by atoms with E-state index in [2.05, 4.69) is 27.7 Å². The average molecular weight is 778 g/mol. The molecule has 0 amide bonds. The number of aromatic nitrogens is 3. The zero-order valence-electron chi connectivity index (χ0n) is 34.5. The van der Waals surface area contributed by atoms with Gasteiger partial charge in [-0.15, -0.1) is 0 Å². The molecule has 0 aliphatic carbocycles. The van der Waals surface area contributed by atoms with E-state index in [1.54, 1.807) is 12.1 Å². The maximum absolute atomic E-state index is 15.1. The summed E-state index contributed by atoms with van der Waals surface area (Å²) in [6.45, 7) is 12.3. The van der Waals surface area contributed by atoms with Gasteiger partial charge >= 0.3 is 0 Å². The average Bonchev–Trinajstić information content (AvgIpc) is 3.47. The predicted molar refractivity (Wildman–Crippen MR) is 241 cm³/mol. The first-order valence-corrected chi connectivity index (χ1v) is 21.8. The summed E-state index contributed by atoms with van der Waals surface area (Å²) in [5.41, 5.74) is -2.22. The van der Waals surface area contributed by atoms with Crippen molar-refractivity contribution in [1.82, 2.24) is 13.7 Å². The first-order valence-electron chi connectivity index (χ1n) is 21.8. The van der Waals surface area contributed by atoms with E-state index in [0.717, 1.165) is 49.3 Å². The molecule has 0 saturated heterocycles. The summed E-state index contributed by atoms with van der Waals surface area (Å²) in [5, 5.41) is 8.39. The van der Waals surface area contributed by atoms with Gasteiger partial charge in [0.2, 0.25) is 0 Å². The molecule has 298 valence electrons. The van der Waals surface area contributed by atoms with Crippen LogP contribution in [0.3, 0.4) is 0 Å². The molecule has 9 nitrogen and oxygen atoms in total. The topological polar surface area (TPSA) is 117 Å². The molecule has 58 heavy (non-hydrogen) atoms. The van der Waals surface area contributed by atoms with E-state index in [4.69, 9.17) is 0 Å². The van der Waals surface area contributed by atoms with E-state index in [-0.39, 0.29) is 51.1 Å². The summed E-state index contributed by atoms with van der Waals surface area (Å²) in [7, 11) is 0. The number of benzene rings is 6. The highest BCUT2D eigenvalue weighted by molar-refractivity contribution is 6.48. The Hall–Kier alpha value is -5.44. The van der Waals surface area contributed by atoms with Crippen molar-refractivity contribution < 1.29 is 0 Å². The van der Waals surface area contributed by atoms with Gasteiger partial charge in [0, 0.05) is 50.4 Å². The number of hydrogen-bond acceptors (Lipinski definition) is 6. The molecular formula is C49H51N3O6. The first kappa shape index (κ1) is 38.1. The molecular weight excluding hydrogens is 727 g/mol. The van der Waals surface area contributed by atoms with Crippen LogP contribution >= 0.6 is 0 Å². The smallest absolute Gasteiger partial charge is 0.262 e. The fourth-order valence-electron chi connectivity index (χ4n) is 11.1. The molecule has 0 radical (unpaired) electrons. The number of hydrogen-bond donors (Lipinski definition) is 0. The van der Waals surface area contributed by atoms with Crippen molar-refractivity contribution >= 4 is 86.2 Å². The summed E-state index contributed by atoms with van der Waals surface area (Å²) in [5.74, 6) is 0. The Morgan fingerprint density at radius 1 is 0.310 bits per heavy atom. The molecule has 0 aliphatic heterocycles. The van der Waals surface area contributed by atoms with Crippen LogP contribution in [0.25, 0.3) is 86.2 Å². The summed E-state index contributed by atoms with van der Waals surface area (Å²) in [4.78, 5) is 89.0. The van der Waals surface area contributed by atoms with Crippen LogP contribution in [0.5, 0.6) is 0 Å². The summed E-state index contributed by atoms with van der Waals surface area (Å²) in [6.07, 6.45) is 8.80. The van der Waals surface area contributed by atoms with Crippen molar-refractivity contribution in [1.29, 1.82) is 0 Å². The summed E-state index contributed by atoms with van der Waals surface area (Å²) >= 11 is 0. The van der Waals surface area contributed by atoms with Gasteiger partial charge in [-0.1, -0.05) is 92.2 Å². The van der Waals surface area contributed by atoms with Crippen LogP contribution in [-0.4, -0.2) is 13.7 Å². The molecule has 9 aromatic rings. The number of pyridine rings is 2. The molecule has 0 unspecified atom stereocenters. The van der Waals surface area contributed by atoms with Gasteiger partial charge in [0.05, 0.1) is 10.8 Å². The molecule has 6 aromatic carbocycles. The minimum absolute atomic E-state index is 0.242. The molecule has 9 rings (SSSR count). The summed E-state index contributed by atoms with van der Waals surface area (Å²) < 4.78 is 4.30. The van der Waals surface area contributed by atoms with E-state index in [1.165, 1.54) is 13.7 Å². The van der Waals surface area contributed by atoms with Crippen molar-refractivity contribution in [3.63, 3.8) is 0 Å². The molecule has 0 spiro atoms. The Kier molecular flexibility index (Phi) is 9.29. The van der Waals surface area contributed by atoms with Crippen molar-refractivity contribution in [2.75, 3.05) is 0 Å². The fourth-order valence-corrected chi connectivity index (χ4v) is 11.1. The van der Waals surface area contributed by atoms with Gasteiger partial charge in [0.25, 0.3) is 33.4 Å². The molecule has 0 saturated carbocycles. The van der Waals surface area contributed by atoms with Crippen LogP contribution in [-0.2, 0) is 0 Å². The molecule has 9 heteroatoms. The fraction of sp³-hybridized carbons (Fsp3) is 0.429. The van der Waals surface area contributed by atoms with Gasteiger partial charge < -0.3 is 0 Å². The second-order valence-corrected chi connectivity index (χ2v) is 16.9. The molecule has 0 aliphatic rings. The third-order valence-corrected chi connectivity index (χ3v) is 13.4. The Morgan fingerprint density at radius 2 is 0.569 bits per heavy atom. The lowest BCUT2D eigenvalue weighted by atomic mass is 9.81. The van der Waals surface area contributed by atoms with Gasteiger partial charge in [-0.2, -0.15) is 0 Å². The largest absolute Gasteiger partial charge is 0.271 e. The Labute approximate surface area is 334 Å². The van der Waals surface area contributed by atoms with Crippen molar-refractivity contribution in [3.8, 4) is 0 Å². The van der Waals surface area contributed by atoms with E-state index < -0.39 is 11.1 Å². The van der Waals surface area contributed by atoms with Gasteiger partial charge in [-0.3, -0.25) is 42.5 Å². The van der Waals surface area contributed by atoms with Crippen molar-refractivity contribution in [2.45, 2.75) is 137 Å². The maximum atomic E-state index is 15.1. The Bertz CT molecular complexity index is 3180. The standard InChI is InChI=1S/C49H51N3O6/c1-7-13-25(14-8-2)50-44(53)30-21-19-28-29-20-22-31-37-35(47(56)51(45(31)54)26(15-9-3)16-10-4)24-33-41(39(29)37)40-32(23-34(46(50)55)36(30)38(28)40)42-43(33)49(58)52(48(42)57)27(17-11-5)18-12-6/h19-27H,7-18H2,1-6H3. The molecule has 0 N–H and O–H groups in total. The van der Waals surface area contributed by atoms with Crippen LogP contribution in [0.1, 0.15) is 137 Å². The van der Waals surface area contributed by atoms with Gasteiger partial charge in [-0.05, 0) is 106 Å². The lowest BCUT2D eigenvalue weighted by molar-refractivity contribution is 0.410. The highest BCUT2D eigenvalue weighted by Crippen LogP contribution is 2.50. The maximum Gasteiger partial charge on any atom is 0.262 e. The lowest BCUT2D eigenvalue weighted by Crippen LogP contribution is -2.37. The highest BCUT2D eigenvalue weighted by Gasteiger charge is 2.32. The highest BCUT2D eigenvalue weighted by atomic mass is 16.2. The minimum Gasteiger partial charge on any atom is -0.271 e. The molecule has 3 aromatic heterocycles. The minimum atomic E-state index is -0.397. The van der Waals surface area contributed by atoms with Gasteiger partial charge in [-0.25, -0.2) is 0 Å². The van der Waals surface area contributed by atoms with E-state index in [9.17, 15) is 19.2 Å². The normalized spacial score (nSPS) is 13.0. The van der Waals surface area contributed by atoms with E-state index >= 15 is 9.59 Å². The number of nitrogens with zero attached hydrogens (tertiary/aromatic N) is 3. The van der Waals surface area contributed by atoms with Crippen molar-refractivity contribution in [2.24, 2.45) is 0 Å². The van der Waals surface area contributed by atoms with Crippen LogP contribution in [0.15, 0.2) is 65.2 Å². The molecule has 0 bridgehead atoms. The molecule has 0 fully saturated rings. The molecule has 0 atom stereocenters. The van der Waals surface area contributed by atoms with Crippen LogP contribution in [0.4, 0.5) is 0 Å². The monoisotopic (exact) mass is 777 g/mol. The SMILES string of the molecule is CCCC(CCC)n1c(=O)c2ccc3c4ccc5c(=O)n(C(CCC)CCC)c(=O)c6cc7c8c(=O)n(C(CCC)CCC)c(=O)c8c8cc(c1=O)c2c3c8c7c4c56. The third kappa shape index (κ3) is 4.94. The zero-order valence-corrected chi connectivity index (χ0v) is 34.5. The van der Waals surface area contributed by atoms with Crippen molar-refractivity contribution in [3.05, 3.63) is 98.5 Å². The third-order valence-electron chi connectivity index (χ3n) is 13.4. The second-order valence-electron chi connectivity index (χ2n) is 16.9. The quantitative estimate of drug-likeness (QED) is 0.0756. The van der Waals surface area contributed by atoms with Crippen LogP contribution in [0, 0.1) is 0 Å². The zero-order chi connectivity index (χ0) is 40.9. The second kappa shape index (κ2) is 14.1. The predicted octanol–water partition coefficient (Wildman–Crippen LogP) is 10.1. The summed E-state index contributed by atoms with van der Waals surface area (Å²) in [6, 6.07) is 10.1. The Balaban J connectivity index is 1.60. The Morgan fingerprint density at radius 3 is 0.879 bits per heavy atom. The number of fused-ring (bicyclic) bond motifs is 4. The van der Waals surface area contributed by atoms with Gasteiger partial charge in [0.15, 0.2) is 0 Å². The van der Waals surface area contributed by atoms with Gasteiger partial charge in [0.1, 0.15) is 0 Å². The number of rotatable bonds is 15. The van der Waals surface area contributed by atoms with E-state index in [0.29, 0.717) is 103 Å². The first-order chi connectivity index (χ1) is 28.1.